The number of nitrogens with one attached hydrogen (secondary N) is 1. The minimum Gasteiger partial charge on any atom is -0.481 e. The monoisotopic (exact) mass is 296 g/mol. The zero-order valence-electron chi connectivity index (χ0n) is 12.4. The van der Waals surface area contributed by atoms with Gasteiger partial charge in [0.1, 0.15) is 0 Å². The number of carbonyl (C=O) groups is 3. The predicted molar refractivity (Wildman–Crippen MR) is 76.6 cm³/mol. The summed E-state index contributed by atoms with van der Waals surface area (Å²) in [6.45, 7) is 1.50. The van der Waals surface area contributed by atoms with Gasteiger partial charge in [-0.2, -0.15) is 0 Å². The summed E-state index contributed by atoms with van der Waals surface area (Å²) in [5, 5.41) is 11.9. The van der Waals surface area contributed by atoms with Crippen molar-refractivity contribution in [2.45, 2.75) is 51.4 Å². The maximum absolute atomic E-state index is 12.0. The molecule has 6 heteroatoms. The maximum Gasteiger partial charge on any atom is 0.310 e. The molecular weight excluding hydrogens is 272 g/mol. The minimum atomic E-state index is -0.918. The van der Waals surface area contributed by atoms with Gasteiger partial charge in [0, 0.05) is 19.5 Å². The smallest absolute Gasteiger partial charge is 0.310 e. The average Bonchev–Trinajstić information content (AvgIpc) is 2.95. The van der Waals surface area contributed by atoms with Crippen LogP contribution in [0.25, 0.3) is 0 Å². The van der Waals surface area contributed by atoms with E-state index in [1.165, 1.54) is 0 Å². The van der Waals surface area contributed by atoms with Crippen molar-refractivity contribution in [1.82, 2.24) is 10.2 Å². The molecule has 0 spiro atoms. The number of hydrogen-bond donors (Lipinski definition) is 2. The fourth-order valence-corrected chi connectivity index (χ4v) is 3.32. The second-order valence-electron chi connectivity index (χ2n) is 6.19. The van der Waals surface area contributed by atoms with Crippen LogP contribution in [0.15, 0.2) is 0 Å². The molecule has 2 aliphatic rings. The molecule has 2 fully saturated rings. The van der Waals surface area contributed by atoms with E-state index < -0.39 is 11.4 Å². The fraction of sp³-hybridized carbons (Fsp3) is 0.800. The molecule has 6 nitrogen and oxygen atoms in total. The number of carboxylic acid groups (broad SMARTS) is 1. The standard InChI is InChI=1S/C15H24N2O4/c18-12(10-15(14(20)21)6-2-3-7-15)16-11-13(19)17-8-4-1-5-9-17/h1-11H2,(H,16,18)(H,20,21). The Bertz CT molecular complexity index is 410. The molecule has 0 aromatic carbocycles. The van der Waals surface area contributed by atoms with Crippen LogP contribution >= 0.6 is 0 Å². The summed E-state index contributed by atoms with van der Waals surface area (Å²) in [7, 11) is 0. The third kappa shape index (κ3) is 3.95. The summed E-state index contributed by atoms with van der Waals surface area (Å²) in [6.07, 6.45) is 5.97. The van der Waals surface area contributed by atoms with E-state index in [0.717, 1.165) is 45.2 Å². The van der Waals surface area contributed by atoms with E-state index in [-0.39, 0.29) is 24.8 Å². The minimum absolute atomic E-state index is 0.0182. The number of hydrogen-bond acceptors (Lipinski definition) is 3. The highest BCUT2D eigenvalue weighted by atomic mass is 16.4. The number of rotatable bonds is 5. The first kappa shape index (κ1) is 15.8. The lowest BCUT2D eigenvalue weighted by Crippen LogP contribution is -2.44. The Hall–Kier alpha value is -1.59. The molecular formula is C15H24N2O4. The van der Waals surface area contributed by atoms with E-state index in [4.69, 9.17) is 0 Å². The Kier molecular flexibility index (Phi) is 5.20. The quantitative estimate of drug-likeness (QED) is 0.797. The van der Waals surface area contributed by atoms with Crippen LogP contribution in [0.2, 0.25) is 0 Å². The van der Waals surface area contributed by atoms with Gasteiger partial charge in [-0.25, -0.2) is 0 Å². The Morgan fingerprint density at radius 3 is 2.19 bits per heavy atom. The topological polar surface area (TPSA) is 86.7 Å². The molecule has 2 amide bonds. The normalized spacial score (nSPS) is 21.0. The summed E-state index contributed by atoms with van der Waals surface area (Å²) in [6, 6.07) is 0. The highest BCUT2D eigenvalue weighted by molar-refractivity contribution is 5.88. The fourth-order valence-electron chi connectivity index (χ4n) is 3.32. The van der Waals surface area contributed by atoms with Crippen molar-refractivity contribution in [1.29, 1.82) is 0 Å². The molecule has 0 radical (unpaired) electrons. The van der Waals surface area contributed by atoms with Crippen molar-refractivity contribution in [3.63, 3.8) is 0 Å². The predicted octanol–water partition coefficient (Wildman–Crippen LogP) is 1.15. The molecule has 0 aromatic heterocycles. The molecule has 1 saturated carbocycles. The van der Waals surface area contributed by atoms with Gasteiger partial charge in [-0.1, -0.05) is 12.8 Å². The zero-order valence-corrected chi connectivity index (χ0v) is 12.4. The summed E-state index contributed by atoms with van der Waals surface area (Å²) < 4.78 is 0. The summed E-state index contributed by atoms with van der Waals surface area (Å²) >= 11 is 0. The van der Waals surface area contributed by atoms with Crippen LogP contribution in [-0.4, -0.2) is 47.4 Å². The second-order valence-corrected chi connectivity index (χ2v) is 6.19. The molecule has 1 heterocycles. The van der Waals surface area contributed by atoms with Gasteiger partial charge in [0.25, 0.3) is 0 Å². The molecule has 2 rings (SSSR count). The number of carboxylic acids is 1. The van der Waals surface area contributed by atoms with Crippen molar-refractivity contribution in [3.8, 4) is 0 Å². The first-order valence-corrected chi connectivity index (χ1v) is 7.81. The lowest BCUT2D eigenvalue weighted by molar-refractivity contribution is -0.151. The number of aliphatic carboxylic acids is 1. The summed E-state index contributed by atoms with van der Waals surface area (Å²) in [4.78, 5) is 37.1. The molecule has 1 aliphatic carbocycles. The number of likely N-dealkylation sites (tertiary alicyclic amines) is 1. The first-order chi connectivity index (χ1) is 10.0. The van der Waals surface area contributed by atoms with Gasteiger partial charge >= 0.3 is 5.97 Å². The summed E-state index contributed by atoms with van der Waals surface area (Å²) in [5.74, 6) is -1.29. The second kappa shape index (κ2) is 6.91. The van der Waals surface area contributed by atoms with E-state index in [9.17, 15) is 19.5 Å². The third-order valence-corrected chi connectivity index (χ3v) is 4.66. The molecule has 21 heavy (non-hydrogen) atoms. The molecule has 118 valence electrons. The van der Waals surface area contributed by atoms with Gasteiger partial charge in [-0.15, -0.1) is 0 Å². The lowest BCUT2D eigenvalue weighted by Gasteiger charge is -2.27. The van der Waals surface area contributed by atoms with E-state index in [1.807, 2.05) is 0 Å². The van der Waals surface area contributed by atoms with Gasteiger partial charge in [0.15, 0.2) is 0 Å². The number of piperidine rings is 1. The SMILES string of the molecule is O=C(CC1(C(=O)O)CCCC1)NCC(=O)N1CCCCC1. The van der Waals surface area contributed by atoms with E-state index >= 15 is 0 Å². The Labute approximate surface area is 124 Å². The highest BCUT2D eigenvalue weighted by Crippen LogP contribution is 2.41. The van der Waals surface area contributed by atoms with Gasteiger partial charge in [-0.05, 0) is 32.1 Å². The molecule has 2 N–H and O–H groups in total. The summed E-state index contributed by atoms with van der Waals surface area (Å²) in [5.41, 5.74) is -0.918. The van der Waals surface area contributed by atoms with Crippen LogP contribution in [-0.2, 0) is 14.4 Å². The van der Waals surface area contributed by atoms with Crippen molar-refractivity contribution in [2.24, 2.45) is 5.41 Å². The molecule has 1 saturated heterocycles. The lowest BCUT2D eigenvalue weighted by atomic mass is 9.82. The molecule has 1 aliphatic heterocycles. The van der Waals surface area contributed by atoms with Crippen molar-refractivity contribution in [3.05, 3.63) is 0 Å². The number of amides is 2. The van der Waals surface area contributed by atoms with Crippen LogP contribution < -0.4 is 5.32 Å². The maximum atomic E-state index is 12.0. The van der Waals surface area contributed by atoms with Gasteiger partial charge in [0.05, 0.1) is 12.0 Å². The first-order valence-electron chi connectivity index (χ1n) is 7.81. The highest BCUT2D eigenvalue weighted by Gasteiger charge is 2.42. The molecule has 0 bridgehead atoms. The molecule has 0 atom stereocenters. The number of nitrogens with zero attached hydrogens (tertiary/aromatic N) is 1. The van der Waals surface area contributed by atoms with Crippen LogP contribution in [0.3, 0.4) is 0 Å². The van der Waals surface area contributed by atoms with E-state index in [2.05, 4.69) is 5.32 Å². The molecule has 0 aromatic rings. The Morgan fingerprint density at radius 2 is 1.62 bits per heavy atom. The van der Waals surface area contributed by atoms with E-state index in [0.29, 0.717) is 12.8 Å². The van der Waals surface area contributed by atoms with Gasteiger partial charge < -0.3 is 15.3 Å². The van der Waals surface area contributed by atoms with Crippen LogP contribution in [0.4, 0.5) is 0 Å². The average molecular weight is 296 g/mol. The largest absolute Gasteiger partial charge is 0.481 e. The third-order valence-electron chi connectivity index (χ3n) is 4.66. The van der Waals surface area contributed by atoms with Gasteiger partial charge in [0.2, 0.25) is 11.8 Å². The van der Waals surface area contributed by atoms with Gasteiger partial charge in [-0.3, -0.25) is 14.4 Å². The van der Waals surface area contributed by atoms with Crippen LogP contribution in [0.5, 0.6) is 0 Å². The van der Waals surface area contributed by atoms with Crippen molar-refractivity contribution in [2.75, 3.05) is 19.6 Å². The number of carbonyl (C=O) groups excluding carboxylic acids is 2. The van der Waals surface area contributed by atoms with Crippen molar-refractivity contribution < 1.29 is 19.5 Å². The Balaban J connectivity index is 1.78. The van der Waals surface area contributed by atoms with Crippen LogP contribution in [0.1, 0.15) is 51.4 Å². The van der Waals surface area contributed by atoms with Crippen molar-refractivity contribution >= 4 is 17.8 Å². The Morgan fingerprint density at radius 1 is 1.00 bits per heavy atom. The van der Waals surface area contributed by atoms with Crippen LogP contribution in [0, 0.1) is 5.41 Å². The zero-order chi connectivity index (χ0) is 15.3. The molecule has 0 unspecified atom stereocenters. The van der Waals surface area contributed by atoms with E-state index in [1.54, 1.807) is 4.90 Å².